The lowest BCUT2D eigenvalue weighted by atomic mass is 9.99. The second-order valence-corrected chi connectivity index (χ2v) is 6.63. The summed E-state index contributed by atoms with van der Waals surface area (Å²) in [5.74, 6) is 0.915. The average molecular weight is 317 g/mol. The van der Waals surface area contributed by atoms with E-state index in [1.165, 1.54) is 31.4 Å². The van der Waals surface area contributed by atoms with Crippen molar-refractivity contribution in [3.8, 4) is 0 Å². The molecule has 23 heavy (non-hydrogen) atoms. The van der Waals surface area contributed by atoms with Gasteiger partial charge in [-0.1, -0.05) is 26.7 Å². The summed E-state index contributed by atoms with van der Waals surface area (Å²) < 4.78 is 0. The fraction of sp³-hybridized carbons (Fsp3) is 0.632. The summed E-state index contributed by atoms with van der Waals surface area (Å²) in [5, 5.41) is 6.14. The molecule has 2 N–H and O–H groups in total. The maximum absolute atomic E-state index is 11.7. The highest BCUT2D eigenvalue weighted by atomic mass is 16.1. The average Bonchev–Trinajstić information content (AvgIpc) is 2.58. The van der Waals surface area contributed by atoms with Gasteiger partial charge >= 0.3 is 0 Å². The van der Waals surface area contributed by atoms with Crippen LogP contribution in [-0.4, -0.2) is 32.1 Å². The molecule has 1 aliphatic heterocycles. The summed E-state index contributed by atoms with van der Waals surface area (Å²) in [7, 11) is 0. The Morgan fingerprint density at radius 1 is 1.17 bits per heavy atom. The van der Waals surface area contributed by atoms with E-state index in [1.54, 1.807) is 0 Å². The minimum atomic E-state index is 0.0650. The number of piperidine rings is 1. The number of carbonyl (C=O) groups excluding carboxylic acids is 1. The van der Waals surface area contributed by atoms with Crippen molar-refractivity contribution in [2.75, 3.05) is 36.4 Å². The molecule has 1 fully saturated rings. The number of anilines is 2. The zero-order chi connectivity index (χ0) is 16.5. The molecule has 0 spiro atoms. The predicted octanol–water partition coefficient (Wildman–Crippen LogP) is 3.64. The van der Waals surface area contributed by atoms with E-state index in [0.717, 1.165) is 37.7 Å². The maximum Gasteiger partial charge on any atom is 0.239 e. The SMILES string of the molecule is CCCCCNC(=O)CNc1ccc(N2CCC(C)CC2)cc1. The van der Waals surface area contributed by atoms with Crippen LogP contribution >= 0.6 is 0 Å². The Morgan fingerprint density at radius 3 is 2.52 bits per heavy atom. The third-order valence-electron chi connectivity index (χ3n) is 4.57. The summed E-state index contributed by atoms with van der Waals surface area (Å²) >= 11 is 0. The Kier molecular flexibility index (Phi) is 7.24. The molecule has 4 heteroatoms. The quantitative estimate of drug-likeness (QED) is 0.720. The topological polar surface area (TPSA) is 44.4 Å². The number of hydrogen-bond acceptors (Lipinski definition) is 3. The molecule has 0 atom stereocenters. The first kappa shape index (κ1) is 17.6. The van der Waals surface area contributed by atoms with Gasteiger partial charge in [-0.15, -0.1) is 0 Å². The zero-order valence-corrected chi connectivity index (χ0v) is 14.6. The summed E-state index contributed by atoms with van der Waals surface area (Å²) in [4.78, 5) is 14.2. The third-order valence-corrected chi connectivity index (χ3v) is 4.57. The van der Waals surface area contributed by atoms with Gasteiger partial charge < -0.3 is 15.5 Å². The van der Waals surface area contributed by atoms with Crippen LogP contribution in [0, 0.1) is 5.92 Å². The molecule has 0 saturated carbocycles. The van der Waals surface area contributed by atoms with E-state index in [9.17, 15) is 4.79 Å². The summed E-state index contributed by atoms with van der Waals surface area (Å²) in [6.07, 6.45) is 5.96. The Labute approximate surface area is 140 Å². The van der Waals surface area contributed by atoms with Crippen molar-refractivity contribution in [1.82, 2.24) is 5.32 Å². The molecule has 1 heterocycles. The van der Waals surface area contributed by atoms with Gasteiger partial charge in [0.05, 0.1) is 6.54 Å². The molecule has 1 aromatic rings. The molecule has 4 nitrogen and oxygen atoms in total. The number of nitrogens with zero attached hydrogens (tertiary/aromatic N) is 1. The number of unbranched alkanes of at least 4 members (excludes halogenated alkanes) is 2. The van der Waals surface area contributed by atoms with E-state index in [1.807, 2.05) is 0 Å². The lowest BCUT2D eigenvalue weighted by molar-refractivity contribution is -0.119. The molecule has 0 radical (unpaired) electrons. The Balaban J connectivity index is 1.71. The first-order chi connectivity index (χ1) is 11.2. The molecule has 1 amide bonds. The fourth-order valence-corrected chi connectivity index (χ4v) is 2.90. The lowest BCUT2D eigenvalue weighted by Crippen LogP contribution is -2.32. The molecule has 2 rings (SSSR count). The second-order valence-electron chi connectivity index (χ2n) is 6.63. The molecule has 0 aliphatic carbocycles. The monoisotopic (exact) mass is 317 g/mol. The van der Waals surface area contributed by atoms with Gasteiger partial charge in [-0.3, -0.25) is 4.79 Å². The molecule has 0 unspecified atom stereocenters. The maximum atomic E-state index is 11.7. The molecule has 0 aromatic heterocycles. The zero-order valence-electron chi connectivity index (χ0n) is 14.6. The van der Waals surface area contributed by atoms with Gasteiger partial charge in [0, 0.05) is 31.0 Å². The number of benzene rings is 1. The highest BCUT2D eigenvalue weighted by Gasteiger charge is 2.15. The van der Waals surface area contributed by atoms with Crippen LogP contribution in [0.3, 0.4) is 0 Å². The van der Waals surface area contributed by atoms with E-state index in [0.29, 0.717) is 6.54 Å². The lowest BCUT2D eigenvalue weighted by Gasteiger charge is -2.32. The van der Waals surface area contributed by atoms with Gasteiger partial charge in [0.1, 0.15) is 0 Å². The largest absolute Gasteiger partial charge is 0.376 e. The van der Waals surface area contributed by atoms with E-state index < -0.39 is 0 Å². The summed E-state index contributed by atoms with van der Waals surface area (Å²) in [6.45, 7) is 7.91. The van der Waals surface area contributed by atoms with Crippen LogP contribution < -0.4 is 15.5 Å². The molecule has 1 aromatic carbocycles. The molecular formula is C19H31N3O. The second kappa shape index (κ2) is 9.43. The van der Waals surface area contributed by atoms with E-state index >= 15 is 0 Å². The molecule has 0 bridgehead atoms. The van der Waals surface area contributed by atoms with Crippen LogP contribution in [0.5, 0.6) is 0 Å². The molecule has 1 saturated heterocycles. The highest BCUT2D eigenvalue weighted by molar-refractivity contribution is 5.80. The summed E-state index contributed by atoms with van der Waals surface area (Å²) in [5.41, 5.74) is 2.29. The van der Waals surface area contributed by atoms with Crippen molar-refractivity contribution >= 4 is 17.3 Å². The number of amides is 1. The highest BCUT2D eigenvalue weighted by Crippen LogP contribution is 2.24. The standard InChI is InChI=1S/C19H31N3O/c1-3-4-5-12-20-19(23)15-21-17-6-8-18(9-7-17)22-13-10-16(2)11-14-22/h6-9,16,21H,3-5,10-15H2,1-2H3,(H,20,23). The number of carbonyl (C=O) groups is 1. The van der Waals surface area contributed by atoms with Gasteiger partial charge in [0.2, 0.25) is 5.91 Å². The van der Waals surface area contributed by atoms with Crippen LogP contribution in [0.4, 0.5) is 11.4 Å². The minimum absolute atomic E-state index is 0.0650. The third kappa shape index (κ3) is 6.12. The Morgan fingerprint density at radius 2 is 1.87 bits per heavy atom. The minimum Gasteiger partial charge on any atom is -0.376 e. The van der Waals surface area contributed by atoms with Crippen molar-refractivity contribution in [3.63, 3.8) is 0 Å². The molecule has 128 valence electrons. The predicted molar refractivity (Wildman–Crippen MR) is 98.1 cm³/mol. The Hall–Kier alpha value is -1.71. The van der Waals surface area contributed by atoms with Crippen LogP contribution in [-0.2, 0) is 4.79 Å². The van der Waals surface area contributed by atoms with Crippen molar-refractivity contribution in [3.05, 3.63) is 24.3 Å². The van der Waals surface area contributed by atoms with Crippen LogP contribution in [0.1, 0.15) is 46.0 Å². The Bertz CT molecular complexity index is 464. The normalized spacial score (nSPS) is 15.5. The number of hydrogen-bond donors (Lipinski definition) is 2. The van der Waals surface area contributed by atoms with Gasteiger partial charge in [-0.2, -0.15) is 0 Å². The van der Waals surface area contributed by atoms with E-state index in [-0.39, 0.29) is 5.91 Å². The van der Waals surface area contributed by atoms with Crippen molar-refractivity contribution in [2.45, 2.75) is 46.0 Å². The van der Waals surface area contributed by atoms with Gasteiger partial charge in [-0.25, -0.2) is 0 Å². The van der Waals surface area contributed by atoms with Crippen molar-refractivity contribution in [1.29, 1.82) is 0 Å². The van der Waals surface area contributed by atoms with Crippen LogP contribution in [0.2, 0.25) is 0 Å². The molecule has 1 aliphatic rings. The van der Waals surface area contributed by atoms with Gasteiger partial charge in [0.25, 0.3) is 0 Å². The first-order valence-electron chi connectivity index (χ1n) is 9.04. The van der Waals surface area contributed by atoms with Crippen molar-refractivity contribution in [2.24, 2.45) is 5.92 Å². The number of nitrogens with one attached hydrogen (secondary N) is 2. The van der Waals surface area contributed by atoms with Crippen LogP contribution in [0.25, 0.3) is 0 Å². The molecular weight excluding hydrogens is 286 g/mol. The van der Waals surface area contributed by atoms with Gasteiger partial charge in [-0.05, 0) is 49.4 Å². The van der Waals surface area contributed by atoms with E-state index in [4.69, 9.17) is 0 Å². The number of rotatable bonds is 8. The smallest absolute Gasteiger partial charge is 0.239 e. The van der Waals surface area contributed by atoms with Gasteiger partial charge in [0.15, 0.2) is 0 Å². The first-order valence-corrected chi connectivity index (χ1v) is 9.04. The van der Waals surface area contributed by atoms with Crippen molar-refractivity contribution < 1.29 is 4.79 Å². The fourth-order valence-electron chi connectivity index (χ4n) is 2.90. The van der Waals surface area contributed by atoms with Crippen LogP contribution in [0.15, 0.2) is 24.3 Å². The summed E-state index contributed by atoms with van der Waals surface area (Å²) in [6, 6.07) is 8.43. The van der Waals surface area contributed by atoms with E-state index in [2.05, 4.69) is 53.6 Å².